The normalized spacial score (nSPS) is 17.4. The lowest BCUT2D eigenvalue weighted by Gasteiger charge is -2.16. The lowest BCUT2D eigenvalue weighted by Crippen LogP contribution is -2.15. The van der Waals surface area contributed by atoms with Crippen LogP contribution >= 0.6 is 23.1 Å². The number of hydrogen-bond donors (Lipinski definition) is 1. The van der Waals surface area contributed by atoms with E-state index in [0.717, 1.165) is 34.8 Å². The molecule has 25 heavy (non-hydrogen) atoms. The third kappa shape index (κ3) is 2.98. The maximum Gasteiger partial charge on any atom is 0.142 e. The summed E-state index contributed by atoms with van der Waals surface area (Å²) in [6.45, 7) is 5.12. The number of thioether (sulfide) groups is 1. The molecule has 1 N–H and O–H groups in total. The molecular weight excluding hydrogens is 348 g/mol. The highest BCUT2D eigenvalue weighted by Gasteiger charge is 2.18. The SMILES string of the molecule is CSC1=CCC(CNc2c3sc4nc(C)cc(C)c4c3nn2C)C=C1. The van der Waals surface area contributed by atoms with Crippen molar-refractivity contribution in [3.63, 3.8) is 0 Å². The number of aryl methyl sites for hydroxylation is 3. The number of thiophene rings is 1. The van der Waals surface area contributed by atoms with Gasteiger partial charge in [0, 0.05) is 29.6 Å². The number of fused-ring (bicyclic) bond motifs is 3. The Labute approximate surface area is 156 Å². The molecule has 1 unspecified atom stereocenters. The van der Waals surface area contributed by atoms with Gasteiger partial charge >= 0.3 is 0 Å². The second kappa shape index (κ2) is 6.50. The third-order valence-corrected chi connectivity index (χ3v) is 6.53. The highest BCUT2D eigenvalue weighted by Crippen LogP contribution is 2.38. The zero-order valence-electron chi connectivity index (χ0n) is 15.0. The van der Waals surface area contributed by atoms with Crippen LogP contribution in [-0.2, 0) is 7.05 Å². The van der Waals surface area contributed by atoms with Crippen molar-refractivity contribution in [2.75, 3.05) is 18.1 Å². The summed E-state index contributed by atoms with van der Waals surface area (Å²) < 4.78 is 3.18. The predicted molar refractivity (Wildman–Crippen MR) is 111 cm³/mol. The first-order chi connectivity index (χ1) is 12.1. The Hall–Kier alpha value is -1.79. The number of hydrogen-bond acceptors (Lipinski definition) is 5. The highest BCUT2D eigenvalue weighted by atomic mass is 32.2. The average Bonchev–Trinajstić information content (AvgIpc) is 3.07. The van der Waals surface area contributed by atoms with E-state index in [-0.39, 0.29) is 0 Å². The molecule has 3 aromatic rings. The largest absolute Gasteiger partial charge is 0.368 e. The molecular formula is C19H22N4S2. The van der Waals surface area contributed by atoms with E-state index < -0.39 is 0 Å². The van der Waals surface area contributed by atoms with Gasteiger partial charge in [-0.1, -0.05) is 18.2 Å². The van der Waals surface area contributed by atoms with Crippen LogP contribution in [0, 0.1) is 19.8 Å². The lowest BCUT2D eigenvalue weighted by atomic mass is 10.0. The summed E-state index contributed by atoms with van der Waals surface area (Å²) in [4.78, 5) is 7.15. The van der Waals surface area contributed by atoms with E-state index in [1.54, 1.807) is 11.3 Å². The van der Waals surface area contributed by atoms with Crippen LogP contribution in [0.1, 0.15) is 17.7 Å². The standard InChI is InChI=1S/C19H22N4S2/c1-11-9-12(2)21-19-15(11)16-17(25-19)18(23(3)22-16)20-10-13-5-7-14(24-4)8-6-13/h5,7-9,13,20H,6,10H2,1-4H3. The summed E-state index contributed by atoms with van der Waals surface area (Å²) in [7, 11) is 2.01. The van der Waals surface area contributed by atoms with E-state index in [1.807, 2.05) is 23.5 Å². The third-order valence-electron chi connectivity index (χ3n) is 4.67. The number of rotatable bonds is 4. The average molecular weight is 371 g/mol. The van der Waals surface area contributed by atoms with Gasteiger partial charge < -0.3 is 5.32 Å². The van der Waals surface area contributed by atoms with Crippen LogP contribution < -0.4 is 5.32 Å². The molecule has 0 fully saturated rings. The van der Waals surface area contributed by atoms with Gasteiger partial charge in [-0.2, -0.15) is 5.10 Å². The molecule has 0 aliphatic heterocycles. The number of pyridine rings is 1. The summed E-state index contributed by atoms with van der Waals surface area (Å²) in [6, 6.07) is 2.14. The van der Waals surface area contributed by atoms with Crippen molar-refractivity contribution in [3.05, 3.63) is 40.5 Å². The minimum Gasteiger partial charge on any atom is -0.368 e. The Balaban J connectivity index is 1.64. The molecule has 1 atom stereocenters. The van der Waals surface area contributed by atoms with Gasteiger partial charge in [0.1, 0.15) is 16.2 Å². The van der Waals surface area contributed by atoms with Gasteiger partial charge in [-0.25, -0.2) is 4.98 Å². The van der Waals surface area contributed by atoms with Crippen LogP contribution in [0.3, 0.4) is 0 Å². The quantitative estimate of drug-likeness (QED) is 0.699. The molecule has 1 aliphatic carbocycles. The fraction of sp³-hybridized carbons (Fsp3) is 0.368. The fourth-order valence-electron chi connectivity index (χ4n) is 3.40. The van der Waals surface area contributed by atoms with Gasteiger partial charge in [0.2, 0.25) is 0 Å². The first-order valence-electron chi connectivity index (χ1n) is 8.46. The molecule has 0 saturated heterocycles. The summed E-state index contributed by atoms with van der Waals surface area (Å²) in [5.41, 5.74) is 3.39. The lowest BCUT2D eigenvalue weighted by molar-refractivity contribution is 0.680. The molecule has 0 amide bonds. The van der Waals surface area contributed by atoms with E-state index in [1.165, 1.54) is 20.6 Å². The van der Waals surface area contributed by atoms with E-state index in [0.29, 0.717) is 5.92 Å². The Kier molecular flexibility index (Phi) is 4.33. The number of nitrogens with zero attached hydrogens (tertiary/aromatic N) is 3. The van der Waals surface area contributed by atoms with Gasteiger partial charge in [-0.05, 0) is 44.1 Å². The molecule has 4 rings (SSSR count). The molecule has 0 radical (unpaired) electrons. The smallest absolute Gasteiger partial charge is 0.142 e. The molecule has 4 nitrogen and oxygen atoms in total. The Morgan fingerprint density at radius 2 is 2.24 bits per heavy atom. The van der Waals surface area contributed by atoms with Crippen molar-refractivity contribution in [1.29, 1.82) is 0 Å². The van der Waals surface area contributed by atoms with Gasteiger partial charge in [-0.3, -0.25) is 4.68 Å². The van der Waals surface area contributed by atoms with Crippen LogP contribution in [0.15, 0.2) is 29.2 Å². The van der Waals surface area contributed by atoms with Crippen LogP contribution in [-0.4, -0.2) is 27.6 Å². The first kappa shape index (κ1) is 16.7. The second-order valence-electron chi connectivity index (χ2n) is 6.56. The Morgan fingerprint density at radius 3 is 2.96 bits per heavy atom. The summed E-state index contributed by atoms with van der Waals surface area (Å²) in [5.74, 6) is 1.63. The molecule has 3 aromatic heterocycles. The van der Waals surface area contributed by atoms with E-state index in [2.05, 4.69) is 49.7 Å². The Bertz CT molecular complexity index is 1010. The molecule has 0 aromatic carbocycles. The monoisotopic (exact) mass is 370 g/mol. The minimum atomic E-state index is 0.525. The first-order valence-corrected chi connectivity index (χ1v) is 10.5. The summed E-state index contributed by atoms with van der Waals surface area (Å²) in [5, 5.41) is 9.60. The molecule has 130 valence electrons. The van der Waals surface area contributed by atoms with Crippen molar-refractivity contribution in [1.82, 2.24) is 14.8 Å². The zero-order valence-corrected chi connectivity index (χ0v) is 16.6. The molecule has 6 heteroatoms. The number of anilines is 1. The number of aromatic nitrogens is 3. The van der Waals surface area contributed by atoms with E-state index in [4.69, 9.17) is 10.1 Å². The predicted octanol–water partition coefficient (Wildman–Crippen LogP) is 5.03. The van der Waals surface area contributed by atoms with Gasteiger partial charge in [-0.15, -0.1) is 23.1 Å². The van der Waals surface area contributed by atoms with Crippen LogP contribution in [0.5, 0.6) is 0 Å². The fourth-order valence-corrected chi connectivity index (χ4v) is 5.16. The van der Waals surface area contributed by atoms with Crippen molar-refractivity contribution < 1.29 is 0 Å². The highest BCUT2D eigenvalue weighted by molar-refractivity contribution is 8.02. The number of nitrogens with one attached hydrogen (secondary N) is 1. The minimum absolute atomic E-state index is 0.525. The summed E-state index contributed by atoms with van der Waals surface area (Å²) >= 11 is 3.55. The van der Waals surface area contributed by atoms with Crippen LogP contribution in [0.4, 0.5) is 5.82 Å². The molecule has 0 bridgehead atoms. The zero-order chi connectivity index (χ0) is 17.6. The maximum atomic E-state index is 4.77. The van der Waals surface area contributed by atoms with Crippen LogP contribution in [0.2, 0.25) is 0 Å². The van der Waals surface area contributed by atoms with Crippen LogP contribution in [0.25, 0.3) is 20.4 Å². The van der Waals surface area contributed by atoms with E-state index in [9.17, 15) is 0 Å². The molecule has 1 aliphatic rings. The number of allylic oxidation sites excluding steroid dienone is 2. The van der Waals surface area contributed by atoms with Gasteiger partial charge in [0.05, 0.1) is 4.70 Å². The maximum absolute atomic E-state index is 4.77. The van der Waals surface area contributed by atoms with Gasteiger partial charge in [0.15, 0.2) is 0 Å². The molecule has 0 spiro atoms. The van der Waals surface area contributed by atoms with Crippen molar-refractivity contribution in [2.24, 2.45) is 13.0 Å². The van der Waals surface area contributed by atoms with E-state index >= 15 is 0 Å². The van der Waals surface area contributed by atoms with Crippen molar-refractivity contribution in [2.45, 2.75) is 20.3 Å². The second-order valence-corrected chi connectivity index (χ2v) is 8.44. The summed E-state index contributed by atoms with van der Waals surface area (Å²) in [6.07, 6.45) is 10.1. The Morgan fingerprint density at radius 1 is 1.40 bits per heavy atom. The van der Waals surface area contributed by atoms with Crippen molar-refractivity contribution in [3.8, 4) is 0 Å². The molecule has 0 saturated carbocycles. The topological polar surface area (TPSA) is 42.7 Å². The van der Waals surface area contributed by atoms with Gasteiger partial charge in [0.25, 0.3) is 0 Å². The van der Waals surface area contributed by atoms with Crippen molar-refractivity contribution >= 4 is 49.3 Å². The molecule has 3 heterocycles.